The Morgan fingerprint density at radius 1 is 1.33 bits per heavy atom. The van der Waals surface area contributed by atoms with Gasteiger partial charge in [-0.05, 0) is 31.0 Å². The molecule has 1 N–H and O–H groups in total. The van der Waals surface area contributed by atoms with Crippen molar-refractivity contribution in [1.29, 1.82) is 5.26 Å². The van der Waals surface area contributed by atoms with Gasteiger partial charge in [0.15, 0.2) is 5.65 Å². The maximum atomic E-state index is 14.1. The Labute approximate surface area is 172 Å². The molecular formula is C22H19FN6O. The molecule has 1 aliphatic rings. The smallest absolute Gasteiger partial charge is 0.156 e. The zero-order valence-electron chi connectivity index (χ0n) is 16.6. The number of aromatic nitrogens is 5. The van der Waals surface area contributed by atoms with Gasteiger partial charge in [-0.1, -0.05) is 6.92 Å². The topological polar surface area (TPSA) is 92.4 Å². The van der Waals surface area contributed by atoms with Crippen LogP contribution >= 0.6 is 0 Å². The van der Waals surface area contributed by atoms with Crippen molar-refractivity contribution < 1.29 is 9.13 Å². The van der Waals surface area contributed by atoms with Crippen LogP contribution in [0, 0.1) is 17.1 Å². The molecule has 0 fully saturated rings. The molecule has 5 rings (SSSR count). The van der Waals surface area contributed by atoms with Gasteiger partial charge in [-0.15, -0.1) is 0 Å². The first-order chi connectivity index (χ1) is 14.6. The molecule has 0 saturated heterocycles. The van der Waals surface area contributed by atoms with Crippen molar-refractivity contribution in [2.75, 3.05) is 6.61 Å². The van der Waals surface area contributed by atoms with Gasteiger partial charge in [0.2, 0.25) is 0 Å². The van der Waals surface area contributed by atoms with Crippen LogP contribution in [0.4, 0.5) is 4.39 Å². The molecule has 0 radical (unpaired) electrons. The zero-order chi connectivity index (χ0) is 20.8. The first kappa shape index (κ1) is 18.3. The summed E-state index contributed by atoms with van der Waals surface area (Å²) >= 11 is 0. The lowest BCUT2D eigenvalue weighted by molar-refractivity contribution is 0.306. The predicted molar refractivity (Wildman–Crippen MR) is 109 cm³/mol. The van der Waals surface area contributed by atoms with E-state index in [9.17, 15) is 9.65 Å². The second kappa shape index (κ2) is 6.95. The molecule has 4 aromatic rings. The number of H-pyrrole nitrogens is 1. The van der Waals surface area contributed by atoms with E-state index in [4.69, 9.17) is 9.72 Å². The first-order valence-electron chi connectivity index (χ1n) is 9.79. The maximum absolute atomic E-state index is 14.1. The average Bonchev–Trinajstić information content (AvgIpc) is 3.30. The fraction of sp³-hybridized carbons (Fsp3) is 0.273. The number of hydrogen-bond donors (Lipinski definition) is 1. The zero-order valence-corrected chi connectivity index (χ0v) is 16.6. The number of nitrogens with one attached hydrogen (secondary N) is 1. The maximum Gasteiger partial charge on any atom is 0.156 e. The number of ether oxygens (including phenoxy) is 1. The number of rotatable bonds is 0. The number of halogens is 1. The van der Waals surface area contributed by atoms with Gasteiger partial charge in [-0.2, -0.15) is 10.4 Å². The molecule has 3 aromatic heterocycles. The van der Waals surface area contributed by atoms with E-state index < -0.39 is 0 Å². The third-order valence-corrected chi connectivity index (χ3v) is 5.61. The molecule has 0 amide bonds. The summed E-state index contributed by atoms with van der Waals surface area (Å²) in [5.74, 6) is 0.176. The van der Waals surface area contributed by atoms with E-state index in [0.29, 0.717) is 53.3 Å². The van der Waals surface area contributed by atoms with E-state index >= 15 is 0 Å². The number of aryl methyl sites for hydroxylation is 2. The highest BCUT2D eigenvalue weighted by Gasteiger charge is 2.24. The number of aromatic amines is 1. The van der Waals surface area contributed by atoms with Crippen molar-refractivity contribution in [3.05, 3.63) is 58.9 Å². The number of nitrogens with zero attached hydrogens (tertiary/aromatic N) is 5. The van der Waals surface area contributed by atoms with Gasteiger partial charge in [0, 0.05) is 30.3 Å². The Morgan fingerprint density at radius 3 is 3.03 bits per heavy atom. The van der Waals surface area contributed by atoms with E-state index in [0.717, 1.165) is 16.8 Å². The van der Waals surface area contributed by atoms with Gasteiger partial charge >= 0.3 is 0 Å². The lowest BCUT2D eigenvalue weighted by Gasteiger charge is -2.17. The van der Waals surface area contributed by atoms with Crippen LogP contribution in [0.15, 0.2) is 30.6 Å². The predicted octanol–water partition coefficient (Wildman–Crippen LogP) is 3.85. The second-order valence-corrected chi connectivity index (χ2v) is 7.46. The van der Waals surface area contributed by atoms with Crippen molar-refractivity contribution in [2.24, 2.45) is 7.05 Å². The Hall–Kier alpha value is -3.73. The Balaban J connectivity index is 1.77. The van der Waals surface area contributed by atoms with Crippen LogP contribution in [-0.4, -0.2) is 31.3 Å². The van der Waals surface area contributed by atoms with E-state index in [1.54, 1.807) is 24.0 Å². The third kappa shape index (κ3) is 2.82. The van der Waals surface area contributed by atoms with Crippen molar-refractivity contribution in [2.45, 2.75) is 25.7 Å². The number of benzene rings is 1. The molecule has 30 heavy (non-hydrogen) atoms. The van der Waals surface area contributed by atoms with Crippen molar-refractivity contribution in [3.63, 3.8) is 0 Å². The van der Waals surface area contributed by atoms with Gasteiger partial charge in [0.25, 0.3) is 0 Å². The van der Waals surface area contributed by atoms with Crippen LogP contribution < -0.4 is 4.74 Å². The molecule has 8 heteroatoms. The van der Waals surface area contributed by atoms with Crippen LogP contribution in [0.25, 0.3) is 22.4 Å². The quantitative estimate of drug-likeness (QED) is 0.482. The number of nitriles is 1. The summed E-state index contributed by atoms with van der Waals surface area (Å²) in [5.41, 5.74) is 5.52. The van der Waals surface area contributed by atoms with Crippen LogP contribution in [0.1, 0.15) is 41.8 Å². The lowest BCUT2D eigenvalue weighted by atomic mass is 9.93. The molecular weight excluding hydrogens is 383 g/mol. The highest BCUT2D eigenvalue weighted by molar-refractivity contribution is 5.80. The SMILES string of the molecule is CC1c2cc(F)ccc2OCCCc2nn(C)c(C#N)c2-c2cnc3[nH]cc1c3n2. The molecule has 4 heterocycles. The Bertz CT molecular complexity index is 1320. The number of fused-ring (bicyclic) bond motifs is 4. The summed E-state index contributed by atoms with van der Waals surface area (Å²) in [6, 6.07) is 6.83. The molecule has 0 saturated carbocycles. The third-order valence-electron chi connectivity index (χ3n) is 5.61. The normalized spacial score (nSPS) is 16.0. The average molecular weight is 402 g/mol. The minimum atomic E-state index is -0.309. The number of hydrogen-bond acceptors (Lipinski definition) is 5. The van der Waals surface area contributed by atoms with Crippen molar-refractivity contribution in [1.82, 2.24) is 24.7 Å². The van der Waals surface area contributed by atoms with E-state index in [1.807, 2.05) is 13.1 Å². The summed E-state index contributed by atoms with van der Waals surface area (Å²) < 4.78 is 21.7. The molecule has 1 atom stereocenters. The Kier molecular flexibility index (Phi) is 4.24. The first-order valence-corrected chi connectivity index (χ1v) is 9.79. The fourth-order valence-electron chi connectivity index (χ4n) is 4.09. The molecule has 1 unspecified atom stereocenters. The molecule has 0 aliphatic carbocycles. The second-order valence-electron chi connectivity index (χ2n) is 7.46. The minimum Gasteiger partial charge on any atom is -0.493 e. The highest BCUT2D eigenvalue weighted by atomic mass is 19.1. The summed E-state index contributed by atoms with van der Waals surface area (Å²) in [4.78, 5) is 12.5. The summed E-state index contributed by atoms with van der Waals surface area (Å²) in [5, 5.41) is 14.2. The molecule has 2 bridgehead atoms. The standard InChI is InChI=1S/C22H19FN6O/c1-12-14-8-13(23)5-6-19(14)30-7-3-4-16-20(18(9-24)29(2)28-16)17-11-26-22-21(27-17)15(12)10-25-22/h5-6,8,10-12H,3-4,7H2,1-2H3,(H,25,26). The summed E-state index contributed by atoms with van der Waals surface area (Å²) in [6.07, 6.45) is 4.83. The van der Waals surface area contributed by atoms with E-state index in [1.165, 1.54) is 12.1 Å². The van der Waals surface area contributed by atoms with E-state index in [-0.39, 0.29) is 11.7 Å². The largest absolute Gasteiger partial charge is 0.493 e. The summed E-state index contributed by atoms with van der Waals surface area (Å²) in [7, 11) is 1.76. The van der Waals surface area contributed by atoms with Crippen molar-refractivity contribution in [3.8, 4) is 23.1 Å². The lowest BCUT2D eigenvalue weighted by Crippen LogP contribution is -2.05. The summed E-state index contributed by atoms with van der Waals surface area (Å²) in [6.45, 7) is 2.45. The molecule has 0 spiro atoms. The van der Waals surface area contributed by atoms with E-state index in [2.05, 4.69) is 21.1 Å². The van der Waals surface area contributed by atoms with Crippen molar-refractivity contribution >= 4 is 11.2 Å². The molecule has 7 nitrogen and oxygen atoms in total. The van der Waals surface area contributed by atoms with Crippen LogP contribution in [0.2, 0.25) is 0 Å². The van der Waals surface area contributed by atoms with Gasteiger partial charge in [-0.3, -0.25) is 4.68 Å². The molecule has 1 aromatic carbocycles. The fourth-order valence-corrected chi connectivity index (χ4v) is 4.09. The molecule has 1 aliphatic heterocycles. The minimum absolute atomic E-state index is 0.168. The van der Waals surface area contributed by atoms with Crippen LogP contribution in [0.3, 0.4) is 0 Å². The molecule has 150 valence electrons. The van der Waals surface area contributed by atoms with Gasteiger partial charge < -0.3 is 9.72 Å². The van der Waals surface area contributed by atoms with Gasteiger partial charge in [0.1, 0.15) is 28.8 Å². The monoisotopic (exact) mass is 402 g/mol. The highest BCUT2D eigenvalue weighted by Crippen LogP contribution is 2.36. The Morgan fingerprint density at radius 2 is 2.20 bits per heavy atom. The van der Waals surface area contributed by atoms with Gasteiger partial charge in [-0.25, -0.2) is 14.4 Å². The van der Waals surface area contributed by atoms with Crippen LogP contribution in [-0.2, 0) is 13.5 Å². The van der Waals surface area contributed by atoms with Gasteiger partial charge in [0.05, 0.1) is 29.8 Å². The van der Waals surface area contributed by atoms with Crippen LogP contribution in [0.5, 0.6) is 5.75 Å².